The first-order chi connectivity index (χ1) is 7.96. The van der Waals surface area contributed by atoms with Crippen molar-refractivity contribution in [2.24, 2.45) is 5.73 Å². The number of carbonyl (C=O) groups is 1. The Bertz CT molecular complexity index is 268. The highest BCUT2D eigenvalue weighted by molar-refractivity contribution is 5.84. The zero-order valence-corrected chi connectivity index (χ0v) is 11.2. The van der Waals surface area contributed by atoms with Gasteiger partial charge in [0.05, 0.1) is 6.10 Å². The van der Waals surface area contributed by atoms with E-state index in [0.29, 0.717) is 13.1 Å². The van der Waals surface area contributed by atoms with Gasteiger partial charge in [-0.1, -0.05) is 0 Å². The van der Waals surface area contributed by atoms with Gasteiger partial charge < -0.3 is 20.1 Å². The van der Waals surface area contributed by atoms with Crippen LogP contribution in [0.5, 0.6) is 0 Å². The summed E-state index contributed by atoms with van der Waals surface area (Å²) in [5, 5.41) is 0. The third-order valence-corrected chi connectivity index (χ3v) is 3.56. The highest BCUT2D eigenvalue weighted by Gasteiger charge is 2.38. The fraction of sp³-hybridized carbons (Fsp3) is 0.917. The number of hydrogen-bond acceptors (Lipinski definition) is 4. The van der Waals surface area contributed by atoms with Crippen LogP contribution in [0.1, 0.15) is 26.7 Å². The second kappa shape index (κ2) is 5.80. The monoisotopic (exact) mass is 244 g/mol. The lowest BCUT2D eigenvalue weighted by Crippen LogP contribution is -2.56. The van der Waals surface area contributed by atoms with Gasteiger partial charge in [0.1, 0.15) is 5.60 Å². The molecular formula is C12H24N2O3. The molecule has 0 spiro atoms. The van der Waals surface area contributed by atoms with Gasteiger partial charge >= 0.3 is 0 Å². The van der Waals surface area contributed by atoms with Crippen LogP contribution in [0.3, 0.4) is 0 Å². The zero-order chi connectivity index (χ0) is 13.1. The lowest BCUT2D eigenvalue weighted by atomic mass is 9.96. The summed E-state index contributed by atoms with van der Waals surface area (Å²) in [6.07, 6.45) is 1.87. The van der Waals surface area contributed by atoms with E-state index in [4.69, 9.17) is 15.2 Å². The Hall–Kier alpha value is -0.650. The summed E-state index contributed by atoms with van der Waals surface area (Å²) in [7, 11) is 3.26. The highest BCUT2D eigenvalue weighted by Crippen LogP contribution is 2.23. The molecule has 17 heavy (non-hydrogen) atoms. The van der Waals surface area contributed by atoms with Crippen LogP contribution in [0.15, 0.2) is 0 Å². The van der Waals surface area contributed by atoms with Crippen molar-refractivity contribution in [3.05, 3.63) is 0 Å². The maximum absolute atomic E-state index is 12.3. The number of amides is 1. The second-order valence-corrected chi connectivity index (χ2v) is 4.98. The van der Waals surface area contributed by atoms with E-state index in [0.717, 1.165) is 12.8 Å². The van der Waals surface area contributed by atoms with Crippen LogP contribution in [0.25, 0.3) is 0 Å². The molecule has 2 N–H and O–H groups in total. The van der Waals surface area contributed by atoms with Crippen molar-refractivity contribution < 1.29 is 14.3 Å². The van der Waals surface area contributed by atoms with Crippen LogP contribution in [-0.2, 0) is 14.3 Å². The van der Waals surface area contributed by atoms with Gasteiger partial charge in [0, 0.05) is 33.4 Å². The summed E-state index contributed by atoms with van der Waals surface area (Å²) in [5.74, 6) is 0.00463. The van der Waals surface area contributed by atoms with Gasteiger partial charge in [-0.3, -0.25) is 4.79 Å². The van der Waals surface area contributed by atoms with E-state index in [1.807, 2.05) is 4.90 Å². The van der Waals surface area contributed by atoms with Crippen LogP contribution in [-0.4, -0.2) is 55.9 Å². The normalized spacial score (nSPS) is 26.1. The minimum atomic E-state index is -0.784. The minimum Gasteiger partial charge on any atom is -0.381 e. The van der Waals surface area contributed by atoms with E-state index in [1.54, 1.807) is 28.1 Å². The smallest absolute Gasteiger partial charge is 0.254 e. The minimum absolute atomic E-state index is 0.00463. The first-order valence-electron chi connectivity index (χ1n) is 6.05. The van der Waals surface area contributed by atoms with Crippen molar-refractivity contribution in [3.63, 3.8) is 0 Å². The second-order valence-electron chi connectivity index (χ2n) is 4.98. The maximum atomic E-state index is 12.3. The molecular weight excluding hydrogens is 220 g/mol. The topological polar surface area (TPSA) is 64.8 Å². The molecule has 0 saturated carbocycles. The highest BCUT2D eigenvalue weighted by atomic mass is 16.5. The Kier molecular flexibility index (Phi) is 4.91. The van der Waals surface area contributed by atoms with Crippen molar-refractivity contribution in [1.29, 1.82) is 0 Å². The number of rotatable bonds is 4. The molecule has 0 aromatic carbocycles. The van der Waals surface area contributed by atoms with Crippen molar-refractivity contribution >= 4 is 5.91 Å². The molecule has 0 aromatic rings. The number of likely N-dealkylation sites (tertiary alicyclic amines) is 1. The Morgan fingerprint density at radius 3 is 2.59 bits per heavy atom. The summed E-state index contributed by atoms with van der Waals surface area (Å²) in [4.78, 5) is 14.2. The van der Waals surface area contributed by atoms with Crippen LogP contribution in [0, 0.1) is 0 Å². The fourth-order valence-corrected chi connectivity index (χ4v) is 2.15. The summed E-state index contributed by atoms with van der Waals surface area (Å²) in [6, 6.07) is 0.0515. The van der Waals surface area contributed by atoms with Crippen LogP contribution in [0.2, 0.25) is 0 Å². The number of carbonyl (C=O) groups excluding carboxylic acids is 1. The molecule has 0 aliphatic carbocycles. The molecule has 1 amide bonds. The third kappa shape index (κ3) is 3.18. The van der Waals surface area contributed by atoms with Crippen molar-refractivity contribution in [2.45, 2.75) is 44.4 Å². The first kappa shape index (κ1) is 14.4. The molecule has 2 unspecified atom stereocenters. The summed E-state index contributed by atoms with van der Waals surface area (Å²) < 4.78 is 10.6. The fourth-order valence-electron chi connectivity index (χ4n) is 2.15. The quantitative estimate of drug-likeness (QED) is 0.776. The van der Waals surface area contributed by atoms with E-state index >= 15 is 0 Å². The Balaban J connectivity index is 2.73. The summed E-state index contributed by atoms with van der Waals surface area (Å²) in [5.41, 5.74) is 4.96. The van der Waals surface area contributed by atoms with E-state index in [9.17, 15) is 4.79 Å². The van der Waals surface area contributed by atoms with Gasteiger partial charge in [-0.2, -0.15) is 0 Å². The third-order valence-electron chi connectivity index (χ3n) is 3.56. The molecule has 1 aliphatic rings. The molecule has 1 rings (SSSR count). The SMILES string of the molecule is COC1CCN(C(=O)C(C)(C)OC)C(CN)C1. The van der Waals surface area contributed by atoms with E-state index in [-0.39, 0.29) is 18.1 Å². The number of ether oxygens (including phenoxy) is 2. The molecule has 5 heteroatoms. The lowest BCUT2D eigenvalue weighted by molar-refractivity contribution is -0.156. The molecule has 5 nitrogen and oxygen atoms in total. The van der Waals surface area contributed by atoms with Crippen LogP contribution >= 0.6 is 0 Å². The van der Waals surface area contributed by atoms with Gasteiger partial charge in [-0.05, 0) is 26.7 Å². The number of methoxy groups -OCH3 is 2. The van der Waals surface area contributed by atoms with Gasteiger partial charge in [0.2, 0.25) is 0 Å². The Morgan fingerprint density at radius 1 is 1.47 bits per heavy atom. The molecule has 0 bridgehead atoms. The molecule has 2 atom stereocenters. The number of piperidine rings is 1. The largest absolute Gasteiger partial charge is 0.381 e. The number of nitrogens with zero attached hydrogens (tertiary/aromatic N) is 1. The molecule has 1 fully saturated rings. The average Bonchev–Trinajstić information content (AvgIpc) is 2.36. The van der Waals surface area contributed by atoms with E-state index in [1.165, 1.54) is 0 Å². The summed E-state index contributed by atoms with van der Waals surface area (Å²) >= 11 is 0. The van der Waals surface area contributed by atoms with Crippen molar-refractivity contribution in [1.82, 2.24) is 4.90 Å². The van der Waals surface area contributed by atoms with Crippen molar-refractivity contribution in [3.8, 4) is 0 Å². The van der Waals surface area contributed by atoms with Gasteiger partial charge in [-0.25, -0.2) is 0 Å². The zero-order valence-electron chi connectivity index (χ0n) is 11.2. The standard InChI is InChI=1S/C12H24N2O3/c1-12(2,17-4)11(15)14-6-5-10(16-3)7-9(14)8-13/h9-10H,5-8,13H2,1-4H3. The number of nitrogens with two attached hydrogens (primary N) is 1. The van der Waals surface area contributed by atoms with Gasteiger partial charge in [-0.15, -0.1) is 0 Å². The Morgan fingerprint density at radius 2 is 2.12 bits per heavy atom. The van der Waals surface area contributed by atoms with Crippen LogP contribution < -0.4 is 5.73 Å². The predicted octanol–water partition coefficient (Wildman–Crippen LogP) is 0.376. The first-order valence-corrected chi connectivity index (χ1v) is 6.05. The molecule has 1 saturated heterocycles. The average molecular weight is 244 g/mol. The van der Waals surface area contributed by atoms with Gasteiger partial charge in [0.15, 0.2) is 0 Å². The van der Waals surface area contributed by atoms with Crippen molar-refractivity contribution in [2.75, 3.05) is 27.3 Å². The summed E-state index contributed by atoms with van der Waals surface area (Å²) in [6.45, 7) is 4.72. The molecule has 1 heterocycles. The number of hydrogen-bond donors (Lipinski definition) is 1. The molecule has 0 aromatic heterocycles. The molecule has 1 aliphatic heterocycles. The van der Waals surface area contributed by atoms with Gasteiger partial charge in [0.25, 0.3) is 5.91 Å². The van der Waals surface area contributed by atoms with E-state index < -0.39 is 5.60 Å². The van der Waals surface area contributed by atoms with Crippen LogP contribution in [0.4, 0.5) is 0 Å². The lowest BCUT2D eigenvalue weighted by Gasteiger charge is -2.41. The predicted molar refractivity (Wildman–Crippen MR) is 65.7 cm³/mol. The van der Waals surface area contributed by atoms with E-state index in [2.05, 4.69) is 0 Å². The molecule has 0 radical (unpaired) electrons. The molecule has 100 valence electrons. The maximum Gasteiger partial charge on any atom is 0.254 e. The Labute approximate surface area is 103 Å².